The Morgan fingerprint density at radius 3 is 2.91 bits per heavy atom. The van der Waals surface area contributed by atoms with E-state index in [1.165, 1.54) is 22.4 Å². The van der Waals surface area contributed by atoms with E-state index in [9.17, 15) is 4.79 Å². The standard InChI is InChI=1S/C19H21ClN2O/c1-22(13-19(23)21-16-9-5-8-15(20)12-16)18-11-4-7-14-6-2-3-10-17(14)18/h2-3,5-6,8-10,12,18H,4,7,11,13H2,1H3,(H,21,23)/p+1/t18-/m1/s1. The third-order valence-corrected chi connectivity index (χ3v) is 4.75. The van der Waals surface area contributed by atoms with Gasteiger partial charge in [-0.25, -0.2) is 0 Å². The van der Waals surface area contributed by atoms with E-state index in [0.717, 1.165) is 18.5 Å². The minimum Gasteiger partial charge on any atom is -0.323 e. The molecule has 2 atom stereocenters. The molecule has 0 aliphatic heterocycles. The van der Waals surface area contributed by atoms with Gasteiger partial charge in [0.15, 0.2) is 6.54 Å². The maximum absolute atomic E-state index is 12.3. The number of halogens is 1. The number of fused-ring (bicyclic) bond motifs is 1. The van der Waals surface area contributed by atoms with Crippen molar-refractivity contribution in [1.29, 1.82) is 0 Å². The van der Waals surface area contributed by atoms with Crippen molar-refractivity contribution in [3.63, 3.8) is 0 Å². The zero-order valence-corrected chi connectivity index (χ0v) is 14.1. The van der Waals surface area contributed by atoms with E-state index in [4.69, 9.17) is 11.6 Å². The molecule has 2 N–H and O–H groups in total. The second-order valence-electron chi connectivity index (χ2n) is 6.23. The molecule has 1 unspecified atom stereocenters. The second-order valence-corrected chi connectivity index (χ2v) is 6.66. The largest absolute Gasteiger partial charge is 0.323 e. The highest BCUT2D eigenvalue weighted by Gasteiger charge is 2.27. The zero-order chi connectivity index (χ0) is 16.2. The Balaban J connectivity index is 1.65. The SMILES string of the molecule is C[NH+](CC(=O)Nc1cccc(Cl)c1)[C@@H]1CCCc2ccccc21. The summed E-state index contributed by atoms with van der Waals surface area (Å²) < 4.78 is 0. The number of hydrogen-bond acceptors (Lipinski definition) is 1. The molecule has 1 amide bonds. The van der Waals surface area contributed by atoms with Gasteiger partial charge in [0.2, 0.25) is 0 Å². The fourth-order valence-electron chi connectivity index (χ4n) is 3.41. The zero-order valence-electron chi connectivity index (χ0n) is 13.3. The molecule has 0 saturated carbocycles. The van der Waals surface area contributed by atoms with Crippen molar-refractivity contribution < 1.29 is 9.69 Å². The topological polar surface area (TPSA) is 33.5 Å². The smallest absolute Gasteiger partial charge is 0.279 e. The van der Waals surface area contributed by atoms with Crippen molar-refractivity contribution in [1.82, 2.24) is 0 Å². The number of quaternary nitrogens is 1. The Hall–Kier alpha value is -1.84. The summed E-state index contributed by atoms with van der Waals surface area (Å²) in [6.07, 6.45) is 3.47. The van der Waals surface area contributed by atoms with Gasteiger partial charge < -0.3 is 10.2 Å². The van der Waals surface area contributed by atoms with Crippen LogP contribution in [0.2, 0.25) is 5.02 Å². The Bertz CT molecular complexity index is 701. The summed E-state index contributed by atoms with van der Waals surface area (Å²) in [6.45, 7) is 0.450. The lowest BCUT2D eigenvalue weighted by Gasteiger charge is -2.30. The Morgan fingerprint density at radius 2 is 2.09 bits per heavy atom. The third-order valence-electron chi connectivity index (χ3n) is 4.51. The van der Waals surface area contributed by atoms with Gasteiger partial charge in [0.25, 0.3) is 5.91 Å². The summed E-state index contributed by atoms with van der Waals surface area (Å²) in [6, 6.07) is 16.3. The fraction of sp³-hybridized carbons (Fsp3) is 0.316. The molecule has 0 fully saturated rings. The van der Waals surface area contributed by atoms with Crippen LogP contribution in [0.3, 0.4) is 0 Å². The quantitative estimate of drug-likeness (QED) is 0.888. The van der Waals surface area contributed by atoms with Crippen LogP contribution in [0.15, 0.2) is 48.5 Å². The minimum absolute atomic E-state index is 0.0211. The van der Waals surface area contributed by atoms with E-state index in [0.29, 0.717) is 17.6 Å². The molecule has 0 heterocycles. The van der Waals surface area contributed by atoms with Crippen LogP contribution in [0, 0.1) is 0 Å². The van der Waals surface area contributed by atoms with Crippen molar-refractivity contribution in [3.8, 4) is 0 Å². The van der Waals surface area contributed by atoms with Gasteiger partial charge in [0.1, 0.15) is 6.04 Å². The number of carbonyl (C=O) groups excluding carboxylic acids is 1. The minimum atomic E-state index is 0.0211. The Kier molecular flexibility index (Phi) is 4.99. The van der Waals surface area contributed by atoms with Crippen molar-refractivity contribution in [2.45, 2.75) is 25.3 Å². The van der Waals surface area contributed by atoms with E-state index in [1.807, 2.05) is 12.1 Å². The first-order valence-electron chi connectivity index (χ1n) is 8.09. The predicted molar refractivity (Wildman–Crippen MR) is 94.0 cm³/mol. The first-order chi connectivity index (χ1) is 11.1. The maximum Gasteiger partial charge on any atom is 0.279 e. The molecule has 0 spiro atoms. The van der Waals surface area contributed by atoms with Gasteiger partial charge in [-0.05, 0) is 36.6 Å². The highest BCUT2D eigenvalue weighted by Crippen LogP contribution is 2.27. The van der Waals surface area contributed by atoms with Crippen LogP contribution in [0.1, 0.15) is 30.0 Å². The van der Waals surface area contributed by atoms with Crippen LogP contribution in [-0.2, 0) is 11.2 Å². The average Bonchev–Trinajstić information content (AvgIpc) is 2.54. The number of aryl methyl sites for hydroxylation is 1. The molecule has 4 heteroatoms. The summed E-state index contributed by atoms with van der Waals surface area (Å²) in [5, 5.41) is 3.56. The molecule has 0 bridgehead atoms. The van der Waals surface area contributed by atoms with Gasteiger partial charge in [0.05, 0.1) is 7.05 Å². The first-order valence-corrected chi connectivity index (χ1v) is 8.47. The Labute approximate surface area is 142 Å². The summed E-state index contributed by atoms with van der Waals surface area (Å²) in [5.74, 6) is 0.0211. The van der Waals surface area contributed by atoms with E-state index >= 15 is 0 Å². The summed E-state index contributed by atoms with van der Waals surface area (Å²) in [4.78, 5) is 13.5. The predicted octanol–water partition coefficient (Wildman–Crippen LogP) is 2.87. The van der Waals surface area contributed by atoms with Crippen LogP contribution in [0.4, 0.5) is 5.69 Å². The van der Waals surface area contributed by atoms with E-state index in [-0.39, 0.29) is 5.91 Å². The number of amides is 1. The molecule has 3 rings (SSSR count). The molecule has 0 aromatic heterocycles. The van der Waals surface area contributed by atoms with Gasteiger partial charge in [0, 0.05) is 22.7 Å². The van der Waals surface area contributed by atoms with Gasteiger partial charge in [-0.2, -0.15) is 0 Å². The fourth-order valence-corrected chi connectivity index (χ4v) is 3.60. The molecule has 2 aromatic rings. The number of benzene rings is 2. The molecule has 2 aromatic carbocycles. The second kappa shape index (κ2) is 7.16. The molecule has 1 aliphatic rings. The van der Waals surface area contributed by atoms with Crippen LogP contribution < -0.4 is 10.2 Å². The van der Waals surface area contributed by atoms with E-state index in [1.54, 1.807) is 12.1 Å². The average molecular weight is 330 g/mol. The lowest BCUT2D eigenvalue weighted by Crippen LogP contribution is -3.10. The summed E-state index contributed by atoms with van der Waals surface area (Å²) in [5.41, 5.74) is 3.57. The van der Waals surface area contributed by atoms with Gasteiger partial charge in [-0.3, -0.25) is 4.79 Å². The summed E-state index contributed by atoms with van der Waals surface area (Å²) >= 11 is 5.96. The molecule has 3 nitrogen and oxygen atoms in total. The van der Waals surface area contributed by atoms with Gasteiger partial charge >= 0.3 is 0 Å². The highest BCUT2D eigenvalue weighted by molar-refractivity contribution is 6.30. The maximum atomic E-state index is 12.3. The van der Waals surface area contributed by atoms with Crippen LogP contribution in [-0.4, -0.2) is 19.5 Å². The monoisotopic (exact) mass is 329 g/mol. The van der Waals surface area contributed by atoms with Gasteiger partial charge in [-0.1, -0.05) is 41.9 Å². The highest BCUT2D eigenvalue weighted by atomic mass is 35.5. The van der Waals surface area contributed by atoms with Crippen LogP contribution >= 0.6 is 11.6 Å². The number of carbonyl (C=O) groups is 1. The third kappa shape index (κ3) is 3.92. The molecule has 0 saturated heterocycles. The number of likely N-dealkylation sites (N-methyl/N-ethyl adjacent to an activating group) is 1. The number of anilines is 1. The van der Waals surface area contributed by atoms with Crippen molar-refractivity contribution in [2.75, 3.05) is 18.9 Å². The van der Waals surface area contributed by atoms with Crippen molar-refractivity contribution in [2.24, 2.45) is 0 Å². The summed E-state index contributed by atoms with van der Waals surface area (Å²) in [7, 11) is 2.10. The van der Waals surface area contributed by atoms with Crippen molar-refractivity contribution >= 4 is 23.2 Å². The van der Waals surface area contributed by atoms with Crippen LogP contribution in [0.5, 0.6) is 0 Å². The molecular weight excluding hydrogens is 308 g/mol. The number of rotatable bonds is 4. The van der Waals surface area contributed by atoms with Gasteiger partial charge in [-0.15, -0.1) is 0 Å². The molecule has 0 radical (unpaired) electrons. The molecule has 23 heavy (non-hydrogen) atoms. The Morgan fingerprint density at radius 1 is 1.26 bits per heavy atom. The molecule has 120 valence electrons. The van der Waals surface area contributed by atoms with Crippen molar-refractivity contribution in [3.05, 3.63) is 64.7 Å². The van der Waals surface area contributed by atoms with Crippen LogP contribution in [0.25, 0.3) is 0 Å². The lowest BCUT2D eigenvalue weighted by atomic mass is 9.87. The lowest BCUT2D eigenvalue weighted by molar-refractivity contribution is -0.905. The number of hydrogen-bond donors (Lipinski definition) is 2. The van der Waals surface area contributed by atoms with E-state index < -0.39 is 0 Å². The van der Waals surface area contributed by atoms with E-state index in [2.05, 4.69) is 36.6 Å². The normalized spacial score (nSPS) is 18.1. The molecular formula is C19H22ClN2O+. The first kappa shape index (κ1) is 16.0. The molecule has 1 aliphatic carbocycles. The number of nitrogens with one attached hydrogen (secondary N) is 2.